The summed E-state index contributed by atoms with van der Waals surface area (Å²) >= 11 is 0. The SMILES string of the molecule is O=C(CC(=O)c1ccccc1)c1ccccc1.[F-].[F-].[Ti+2]. The van der Waals surface area contributed by atoms with E-state index in [9.17, 15) is 9.59 Å². The Balaban J connectivity index is 0. The Labute approximate surface area is 130 Å². The van der Waals surface area contributed by atoms with Crippen molar-refractivity contribution in [3.05, 3.63) is 71.8 Å². The van der Waals surface area contributed by atoms with Crippen molar-refractivity contribution in [3.63, 3.8) is 0 Å². The van der Waals surface area contributed by atoms with E-state index in [4.69, 9.17) is 0 Å². The summed E-state index contributed by atoms with van der Waals surface area (Å²) in [5.41, 5.74) is 1.16. The van der Waals surface area contributed by atoms with Crippen LogP contribution in [0.25, 0.3) is 0 Å². The molecule has 0 saturated heterocycles. The average molecular weight is 310 g/mol. The zero-order chi connectivity index (χ0) is 12.1. The van der Waals surface area contributed by atoms with Gasteiger partial charge in [0.2, 0.25) is 0 Å². The van der Waals surface area contributed by atoms with Crippen molar-refractivity contribution >= 4 is 11.6 Å². The Morgan fingerprint density at radius 1 is 0.650 bits per heavy atom. The van der Waals surface area contributed by atoms with Gasteiger partial charge in [0.15, 0.2) is 11.6 Å². The summed E-state index contributed by atoms with van der Waals surface area (Å²) in [4.78, 5) is 23.6. The number of halogens is 2. The fraction of sp³-hybridized carbons (Fsp3) is 0.0667. The number of hydrogen-bond donors (Lipinski definition) is 0. The number of Topliss-reactive ketones (excluding diaryl/α,β-unsaturated/α-hetero) is 2. The second kappa shape index (κ2) is 10.2. The van der Waals surface area contributed by atoms with Crippen molar-refractivity contribution in [2.24, 2.45) is 0 Å². The zero-order valence-corrected chi connectivity index (χ0v) is 12.1. The third-order valence-electron chi connectivity index (χ3n) is 2.51. The van der Waals surface area contributed by atoms with E-state index in [2.05, 4.69) is 0 Å². The maximum atomic E-state index is 11.8. The molecule has 0 bridgehead atoms. The normalized spacial score (nSPS) is 8.40. The third kappa shape index (κ3) is 5.55. The molecule has 0 saturated carbocycles. The molecule has 0 fully saturated rings. The fourth-order valence-corrected chi connectivity index (χ4v) is 1.60. The van der Waals surface area contributed by atoms with E-state index < -0.39 is 0 Å². The van der Waals surface area contributed by atoms with Crippen molar-refractivity contribution in [2.75, 3.05) is 0 Å². The Morgan fingerprint density at radius 3 is 1.25 bits per heavy atom. The minimum Gasteiger partial charge on any atom is -1.00 e. The second-order valence-corrected chi connectivity index (χ2v) is 3.76. The van der Waals surface area contributed by atoms with Gasteiger partial charge in [0, 0.05) is 11.1 Å². The molecule has 20 heavy (non-hydrogen) atoms. The third-order valence-corrected chi connectivity index (χ3v) is 2.51. The quantitative estimate of drug-likeness (QED) is 0.346. The van der Waals surface area contributed by atoms with Crippen LogP contribution in [-0.2, 0) is 21.7 Å². The molecule has 2 aromatic rings. The summed E-state index contributed by atoms with van der Waals surface area (Å²) in [5.74, 6) is -0.279. The van der Waals surface area contributed by atoms with Crippen LogP contribution < -0.4 is 9.41 Å². The van der Waals surface area contributed by atoms with Crippen molar-refractivity contribution in [1.82, 2.24) is 0 Å². The molecule has 0 atom stereocenters. The summed E-state index contributed by atoms with van der Waals surface area (Å²) in [6.45, 7) is 0. The Bertz CT molecular complexity index is 481. The van der Waals surface area contributed by atoms with Crippen LogP contribution in [0.1, 0.15) is 27.1 Å². The van der Waals surface area contributed by atoms with Gasteiger partial charge in [-0.05, 0) is 0 Å². The summed E-state index contributed by atoms with van der Waals surface area (Å²) < 4.78 is 0. The van der Waals surface area contributed by atoms with Crippen LogP contribution in [-0.4, -0.2) is 11.6 Å². The molecule has 0 aliphatic rings. The van der Waals surface area contributed by atoms with Crippen molar-refractivity contribution in [2.45, 2.75) is 6.42 Å². The molecule has 0 spiro atoms. The number of ketones is 2. The molecule has 0 N–H and O–H groups in total. The summed E-state index contributed by atoms with van der Waals surface area (Å²) in [5, 5.41) is 0. The number of hydrogen-bond acceptors (Lipinski definition) is 2. The van der Waals surface area contributed by atoms with Gasteiger partial charge in [0.1, 0.15) is 0 Å². The van der Waals surface area contributed by atoms with Gasteiger partial charge in [-0.15, -0.1) is 0 Å². The van der Waals surface area contributed by atoms with Gasteiger partial charge in [0.25, 0.3) is 0 Å². The Hall–Kier alpha value is -1.65. The smallest absolute Gasteiger partial charge is 1.00 e. The van der Waals surface area contributed by atoms with E-state index in [0.29, 0.717) is 11.1 Å². The molecule has 5 heteroatoms. The zero-order valence-electron chi connectivity index (χ0n) is 10.6. The minimum absolute atomic E-state index is 0. The van der Waals surface area contributed by atoms with E-state index in [1.54, 1.807) is 48.5 Å². The Morgan fingerprint density at radius 2 is 0.950 bits per heavy atom. The fourth-order valence-electron chi connectivity index (χ4n) is 1.60. The molecule has 0 radical (unpaired) electrons. The molecule has 0 aromatic heterocycles. The predicted molar refractivity (Wildman–Crippen MR) is 66.2 cm³/mol. The molecular formula is C15H12F2O2Ti. The van der Waals surface area contributed by atoms with Crippen molar-refractivity contribution < 1.29 is 40.7 Å². The molecular weight excluding hydrogens is 298 g/mol. The standard InChI is InChI=1S/C15H12O2.2FH.Ti/c16-14(12-7-3-1-4-8-12)11-15(17)13-9-5-2-6-10-13;;;/h1-10H,11H2;2*1H;/q;;;+2/p-2. The Kier molecular flexibility index (Phi) is 10.5. The van der Waals surface area contributed by atoms with Crippen LogP contribution in [0.4, 0.5) is 0 Å². The molecule has 2 aromatic carbocycles. The van der Waals surface area contributed by atoms with Gasteiger partial charge >= 0.3 is 21.7 Å². The molecule has 102 valence electrons. The molecule has 0 amide bonds. The van der Waals surface area contributed by atoms with Gasteiger partial charge in [0.05, 0.1) is 6.42 Å². The van der Waals surface area contributed by atoms with Crippen LogP contribution >= 0.6 is 0 Å². The average Bonchev–Trinajstić information content (AvgIpc) is 2.40. The van der Waals surface area contributed by atoms with E-state index >= 15 is 0 Å². The van der Waals surface area contributed by atoms with Gasteiger partial charge < -0.3 is 9.41 Å². The summed E-state index contributed by atoms with van der Waals surface area (Å²) in [7, 11) is 0. The molecule has 0 aliphatic heterocycles. The number of carbonyl (C=O) groups excluding carboxylic acids is 2. The van der Waals surface area contributed by atoms with E-state index in [-0.39, 0.29) is 49.1 Å². The van der Waals surface area contributed by atoms with Crippen LogP contribution in [0.5, 0.6) is 0 Å². The van der Waals surface area contributed by atoms with Gasteiger partial charge in [-0.2, -0.15) is 0 Å². The van der Waals surface area contributed by atoms with Crippen LogP contribution in [0, 0.1) is 0 Å². The van der Waals surface area contributed by atoms with Gasteiger partial charge in [-0.25, -0.2) is 0 Å². The molecule has 0 unspecified atom stereocenters. The van der Waals surface area contributed by atoms with Crippen LogP contribution in [0.2, 0.25) is 0 Å². The molecule has 0 aliphatic carbocycles. The molecule has 2 rings (SSSR count). The number of carbonyl (C=O) groups is 2. The summed E-state index contributed by atoms with van der Waals surface area (Å²) in [6, 6.07) is 17.7. The first kappa shape index (κ1) is 20.7. The maximum Gasteiger partial charge on any atom is 2.00 e. The second-order valence-electron chi connectivity index (χ2n) is 3.76. The van der Waals surface area contributed by atoms with Crippen LogP contribution in [0.3, 0.4) is 0 Å². The number of rotatable bonds is 4. The maximum absolute atomic E-state index is 11.8. The van der Waals surface area contributed by atoms with Gasteiger partial charge in [-0.3, -0.25) is 9.59 Å². The minimum atomic E-state index is -0.139. The van der Waals surface area contributed by atoms with E-state index in [1.165, 1.54) is 0 Å². The topological polar surface area (TPSA) is 34.1 Å². The first-order valence-corrected chi connectivity index (χ1v) is 5.44. The van der Waals surface area contributed by atoms with Crippen molar-refractivity contribution in [1.29, 1.82) is 0 Å². The summed E-state index contributed by atoms with van der Waals surface area (Å²) in [6.07, 6.45) is -0.0754. The first-order chi connectivity index (χ1) is 8.27. The van der Waals surface area contributed by atoms with E-state index in [1.807, 2.05) is 12.1 Å². The largest absolute Gasteiger partial charge is 2.00 e. The number of benzene rings is 2. The molecule has 2 nitrogen and oxygen atoms in total. The first-order valence-electron chi connectivity index (χ1n) is 5.44. The predicted octanol–water partition coefficient (Wildman–Crippen LogP) is -2.85. The van der Waals surface area contributed by atoms with Gasteiger partial charge in [-0.1, -0.05) is 60.7 Å². The van der Waals surface area contributed by atoms with Crippen LogP contribution in [0.15, 0.2) is 60.7 Å². The van der Waals surface area contributed by atoms with Crippen molar-refractivity contribution in [3.8, 4) is 0 Å². The molecule has 0 heterocycles. The van der Waals surface area contributed by atoms with E-state index in [0.717, 1.165) is 0 Å². The monoisotopic (exact) mass is 310 g/mol.